The Labute approximate surface area is 135 Å². The molecule has 1 fully saturated rings. The predicted molar refractivity (Wildman–Crippen MR) is 84.4 cm³/mol. The van der Waals surface area contributed by atoms with Gasteiger partial charge in [0.25, 0.3) is 0 Å². The number of hydrogen-bond acceptors (Lipinski definition) is 2. The van der Waals surface area contributed by atoms with E-state index in [2.05, 4.69) is 17.6 Å². The molecule has 0 aromatic heterocycles. The fraction of sp³-hybridized carbons (Fsp3) is 0.529. The summed E-state index contributed by atoms with van der Waals surface area (Å²) in [7, 11) is 0. The summed E-state index contributed by atoms with van der Waals surface area (Å²) in [6, 6.07) is 4.69. The van der Waals surface area contributed by atoms with Crippen LogP contribution in [0.2, 0.25) is 0 Å². The van der Waals surface area contributed by atoms with Gasteiger partial charge in [-0.1, -0.05) is 19.1 Å². The van der Waals surface area contributed by atoms with Gasteiger partial charge in [-0.3, -0.25) is 4.79 Å². The number of urea groups is 1. The molecule has 1 heterocycles. The highest BCUT2D eigenvalue weighted by molar-refractivity contribution is 5.79. The van der Waals surface area contributed by atoms with E-state index in [1.807, 2.05) is 6.07 Å². The number of carbonyl (C=O) groups is 2. The third-order valence-corrected chi connectivity index (χ3v) is 4.79. The van der Waals surface area contributed by atoms with Gasteiger partial charge in [0.05, 0.1) is 6.04 Å². The molecule has 0 spiro atoms. The topological polar surface area (TPSA) is 61.4 Å². The third kappa shape index (κ3) is 3.30. The summed E-state index contributed by atoms with van der Waals surface area (Å²) in [5.41, 5.74) is 1.59. The molecule has 3 rings (SSSR count). The highest BCUT2D eigenvalue weighted by Crippen LogP contribution is 2.35. The average Bonchev–Trinajstić information content (AvgIpc) is 2.75. The van der Waals surface area contributed by atoms with Crippen molar-refractivity contribution in [1.82, 2.24) is 15.5 Å². The fourth-order valence-electron chi connectivity index (χ4n) is 3.39. The van der Waals surface area contributed by atoms with Crippen LogP contribution in [0.25, 0.3) is 0 Å². The zero-order chi connectivity index (χ0) is 16.4. The Bertz CT molecular complexity index is 620. The van der Waals surface area contributed by atoms with E-state index >= 15 is 0 Å². The SMILES string of the molecule is C[C@@H]1CCc2c(F)cccc2[C@@H]1NC(=O)N1CCNC(=O)CC1. The van der Waals surface area contributed by atoms with Crippen molar-refractivity contribution in [3.8, 4) is 0 Å². The smallest absolute Gasteiger partial charge is 0.317 e. The standard InChI is InChI=1S/C17H22FN3O2/c1-11-5-6-12-13(3-2-4-14(12)18)16(11)20-17(23)21-9-7-15(22)19-8-10-21/h2-4,11,16H,5-10H2,1H3,(H,19,22)(H,20,23)/t11-,16-/m1/s1. The molecule has 5 nitrogen and oxygen atoms in total. The monoisotopic (exact) mass is 319 g/mol. The van der Waals surface area contributed by atoms with Crippen molar-refractivity contribution in [2.75, 3.05) is 19.6 Å². The molecule has 2 atom stereocenters. The van der Waals surface area contributed by atoms with Crippen molar-refractivity contribution < 1.29 is 14.0 Å². The van der Waals surface area contributed by atoms with Gasteiger partial charge in [-0.25, -0.2) is 9.18 Å². The quantitative estimate of drug-likeness (QED) is 0.831. The first-order valence-corrected chi connectivity index (χ1v) is 8.15. The van der Waals surface area contributed by atoms with E-state index in [9.17, 15) is 14.0 Å². The lowest BCUT2D eigenvalue weighted by molar-refractivity contribution is -0.120. The summed E-state index contributed by atoms with van der Waals surface area (Å²) in [6.45, 7) is 3.45. The molecule has 1 saturated heterocycles. The molecule has 2 aliphatic rings. The van der Waals surface area contributed by atoms with Crippen LogP contribution in [0, 0.1) is 11.7 Å². The third-order valence-electron chi connectivity index (χ3n) is 4.79. The molecule has 23 heavy (non-hydrogen) atoms. The number of benzene rings is 1. The summed E-state index contributed by atoms with van der Waals surface area (Å²) in [4.78, 5) is 25.6. The van der Waals surface area contributed by atoms with Crippen molar-refractivity contribution in [1.29, 1.82) is 0 Å². The Morgan fingerprint density at radius 1 is 1.35 bits per heavy atom. The van der Waals surface area contributed by atoms with Gasteiger partial charge in [0, 0.05) is 26.1 Å². The second-order valence-corrected chi connectivity index (χ2v) is 6.34. The second-order valence-electron chi connectivity index (χ2n) is 6.34. The molecule has 1 aliphatic carbocycles. The Hall–Kier alpha value is -2.11. The van der Waals surface area contributed by atoms with Gasteiger partial charge in [0.15, 0.2) is 0 Å². The van der Waals surface area contributed by atoms with Crippen LogP contribution in [0.1, 0.15) is 36.9 Å². The van der Waals surface area contributed by atoms with Crippen molar-refractivity contribution in [3.05, 3.63) is 35.1 Å². The molecule has 2 N–H and O–H groups in total. The summed E-state index contributed by atoms with van der Waals surface area (Å²) in [5.74, 6) is 0.0250. The molecule has 0 unspecified atom stereocenters. The van der Waals surface area contributed by atoms with E-state index in [1.165, 1.54) is 6.07 Å². The van der Waals surface area contributed by atoms with Gasteiger partial charge in [0.1, 0.15) is 5.82 Å². The first-order chi connectivity index (χ1) is 11.1. The van der Waals surface area contributed by atoms with Gasteiger partial charge in [-0.2, -0.15) is 0 Å². The number of nitrogens with one attached hydrogen (secondary N) is 2. The number of fused-ring (bicyclic) bond motifs is 1. The maximum absolute atomic E-state index is 14.0. The van der Waals surface area contributed by atoms with Gasteiger partial charge < -0.3 is 15.5 Å². The number of rotatable bonds is 1. The molecule has 0 radical (unpaired) electrons. The zero-order valence-electron chi connectivity index (χ0n) is 13.3. The summed E-state index contributed by atoms with van der Waals surface area (Å²) < 4.78 is 14.0. The van der Waals surface area contributed by atoms with Crippen molar-refractivity contribution in [3.63, 3.8) is 0 Å². The van der Waals surface area contributed by atoms with Crippen LogP contribution in [0.4, 0.5) is 9.18 Å². The van der Waals surface area contributed by atoms with E-state index in [-0.39, 0.29) is 29.7 Å². The molecule has 1 aliphatic heterocycles. The van der Waals surface area contributed by atoms with Crippen LogP contribution in [-0.2, 0) is 11.2 Å². The summed E-state index contributed by atoms with van der Waals surface area (Å²) in [6.07, 6.45) is 1.87. The van der Waals surface area contributed by atoms with E-state index in [1.54, 1.807) is 11.0 Å². The van der Waals surface area contributed by atoms with Crippen molar-refractivity contribution in [2.24, 2.45) is 5.92 Å². The first-order valence-electron chi connectivity index (χ1n) is 8.15. The summed E-state index contributed by atoms with van der Waals surface area (Å²) in [5, 5.41) is 5.80. The van der Waals surface area contributed by atoms with E-state index in [4.69, 9.17) is 0 Å². The van der Waals surface area contributed by atoms with Crippen LogP contribution in [-0.4, -0.2) is 36.5 Å². The summed E-state index contributed by atoms with van der Waals surface area (Å²) >= 11 is 0. The molecule has 1 aromatic rings. The molecule has 0 bridgehead atoms. The van der Waals surface area contributed by atoms with E-state index < -0.39 is 0 Å². The zero-order valence-corrected chi connectivity index (χ0v) is 13.3. The molecule has 0 saturated carbocycles. The molecular formula is C17H22FN3O2. The second kappa shape index (κ2) is 6.56. The number of carbonyl (C=O) groups excluding carboxylic acids is 2. The minimum absolute atomic E-state index is 0.0289. The molecule has 6 heteroatoms. The normalized spacial score (nSPS) is 24.4. The fourth-order valence-corrected chi connectivity index (χ4v) is 3.39. The highest BCUT2D eigenvalue weighted by atomic mass is 19.1. The Morgan fingerprint density at radius 2 is 2.17 bits per heavy atom. The molecular weight excluding hydrogens is 297 g/mol. The molecule has 1 aromatic carbocycles. The minimum Gasteiger partial charge on any atom is -0.354 e. The lowest BCUT2D eigenvalue weighted by Gasteiger charge is -2.34. The minimum atomic E-state index is -0.196. The highest BCUT2D eigenvalue weighted by Gasteiger charge is 2.31. The Kier molecular flexibility index (Phi) is 4.50. The number of amides is 3. The molecule has 3 amide bonds. The van der Waals surface area contributed by atoms with Crippen LogP contribution in [0.15, 0.2) is 18.2 Å². The number of halogens is 1. The van der Waals surface area contributed by atoms with Crippen LogP contribution in [0.3, 0.4) is 0 Å². The first kappa shape index (κ1) is 15.8. The maximum Gasteiger partial charge on any atom is 0.317 e. The Balaban J connectivity index is 1.75. The van der Waals surface area contributed by atoms with Crippen LogP contribution < -0.4 is 10.6 Å². The van der Waals surface area contributed by atoms with Crippen molar-refractivity contribution >= 4 is 11.9 Å². The lowest BCUT2D eigenvalue weighted by atomic mass is 9.80. The van der Waals surface area contributed by atoms with Gasteiger partial charge >= 0.3 is 6.03 Å². The predicted octanol–water partition coefficient (Wildman–Crippen LogP) is 1.98. The van der Waals surface area contributed by atoms with Gasteiger partial charge in [0.2, 0.25) is 5.91 Å². The number of nitrogens with zero attached hydrogens (tertiary/aromatic N) is 1. The van der Waals surface area contributed by atoms with E-state index in [0.717, 1.165) is 12.0 Å². The van der Waals surface area contributed by atoms with E-state index in [0.29, 0.717) is 38.0 Å². The maximum atomic E-state index is 14.0. The molecule has 124 valence electrons. The van der Waals surface area contributed by atoms with Gasteiger partial charge in [-0.05, 0) is 36.0 Å². The number of hydrogen-bond donors (Lipinski definition) is 2. The van der Waals surface area contributed by atoms with Crippen molar-refractivity contribution in [2.45, 2.75) is 32.2 Å². The lowest BCUT2D eigenvalue weighted by Crippen LogP contribution is -2.45. The van der Waals surface area contributed by atoms with Gasteiger partial charge in [-0.15, -0.1) is 0 Å². The van der Waals surface area contributed by atoms with Crippen LogP contribution >= 0.6 is 0 Å². The average molecular weight is 319 g/mol. The van der Waals surface area contributed by atoms with Crippen LogP contribution in [0.5, 0.6) is 0 Å². The Morgan fingerprint density at radius 3 is 3.00 bits per heavy atom. The largest absolute Gasteiger partial charge is 0.354 e.